The van der Waals surface area contributed by atoms with E-state index in [1.54, 1.807) is 18.2 Å². The van der Waals surface area contributed by atoms with Crippen molar-refractivity contribution in [3.63, 3.8) is 0 Å². The first-order chi connectivity index (χ1) is 11.2. The maximum Gasteiger partial charge on any atom is 0.315 e. The second-order valence-corrected chi connectivity index (χ2v) is 5.43. The van der Waals surface area contributed by atoms with E-state index in [1.807, 2.05) is 18.2 Å². The van der Waals surface area contributed by atoms with Gasteiger partial charge < -0.3 is 30.0 Å². The molecule has 0 saturated carbocycles. The van der Waals surface area contributed by atoms with Gasteiger partial charge in [0.15, 0.2) is 12.4 Å². The van der Waals surface area contributed by atoms with Gasteiger partial charge in [0, 0.05) is 6.54 Å². The molecule has 2 aliphatic rings. The first-order valence-corrected chi connectivity index (χ1v) is 7.51. The number of ether oxygens (including phenoxy) is 3. The summed E-state index contributed by atoms with van der Waals surface area (Å²) in [5.41, 5.74) is 0. The van der Waals surface area contributed by atoms with Crippen LogP contribution in [-0.2, 0) is 9.47 Å². The van der Waals surface area contributed by atoms with E-state index in [9.17, 15) is 9.90 Å². The first kappa shape index (κ1) is 15.8. The predicted octanol–water partition coefficient (Wildman–Crippen LogP) is 0.404. The molecular weight excluding hydrogens is 300 g/mol. The normalized spacial score (nSPS) is 32.1. The van der Waals surface area contributed by atoms with Crippen molar-refractivity contribution in [3.8, 4) is 5.75 Å². The van der Waals surface area contributed by atoms with Crippen LogP contribution in [0.5, 0.6) is 5.75 Å². The molecule has 5 atom stereocenters. The fraction of sp³-hybridized carbons (Fsp3) is 0.438. The predicted molar refractivity (Wildman–Crippen MR) is 82.0 cm³/mol. The van der Waals surface area contributed by atoms with E-state index in [2.05, 4.69) is 17.2 Å². The Balaban J connectivity index is 1.69. The van der Waals surface area contributed by atoms with Gasteiger partial charge in [-0.3, -0.25) is 0 Å². The molecule has 7 heteroatoms. The highest BCUT2D eigenvalue weighted by atomic mass is 16.7. The minimum atomic E-state index is -0.948. The number of amides is 2. The molecule has 0 aliphatic carbocycles. The number of nitrogens with one attached hydrogen (secondary N) is 2. The summed E-state index contributed by atoms with van der Waals surface area (Å²) in [7, 11) is 0. The molecule has 7 nitrogen and oxygen atoms in total. The summed E-state index contributed by atoms with van der Waals surface area (Å²) in [6.45, 7) is 4.17. The standard InChI is InChI=1S/C16H20N2O5/c1-2-8-17-16(20)18-12-11-9-21-15(23-11)14(13(12)19)22-10-6-4-3-5-7-10/h2-7,11-15,19H,1,8-9H2,(H2,17,18,20). The van der Waals surface area contributed by atoms with Crippen molar-refractivity contribution in [3.05, 3.63) is 43.0 Å². The van der Waals surface area contributed by atoms with E-state index < -0.39 is 36.7 Å². The Labute approximate surface area is 134 Å². The van der Waals surface area contributed by atoms with Gasteiger partial charge in [0.25, 0.3) is 0 Å². The van der Waals surface area contributed by atoms with Crippen LogP contribution in [0, 0.1) is 0 Å². The topological polar surface area (TPSA) is 89.1 Å². The van der Waals surface area contributed by atoms with Crippen molar-refractivity contribution in [2.24, 2.45) is 0 Å². The molecule has 5 unspecified atom stereocenters. The van der Waals surface area contributed by atoms with Gasteiger partial charge in [-0.05, 0) is 12.1 Å². The molecule has 2 saturated heterocycles. The van der Waals surface area contributed by atoms with Crippen LogP contribution >= 0.6 is 0 Å². The Kier molecular flexibility index (Phi) is 4.80. The Hall–Kier alpha value is -2.09. The second kappa shape index (κ2) is 6.99. The number of benzene rings is 1. The van der Waals surface area contributed by atoms with Crippen LogP contribution in [0.4, 0.5) is 4.79 Å². The summed E-state index contributed by atoms with van der Waals surface area (Å²) in [5.74, 6) is 0.601. The van der Waals surface area contributed by atoms with Crippen molar-refractivity contribution in [1.82, 2.24) is 10.6 Å². The molecule has 2 fully saturated rings. The Morgan fingerprint density at radius 1 is 1.43 bits per heavy atom. The van der Waals surface area contributed by atoms with Crippen molar-refractivity contribution >= 4 is 6.03 Å². The first-order valence-electron chi connectivity index (χ1n) is 7.51. The maximum absolute atomic E-state index is 11.8. The Morgan fingerprint density at radius 3 is 2.96 bits per heavy atom. The van der Waals surface area contributed by atoms with Crippen LogP contribution in [0.3, 0.4) is 0 Å². The lowest BCUT2D eigenvalue weighted by Gasteiger charge is -2.38. The summed E-state index contributed by atoms with van der Waals surface area (Å²) in [4.78, 5) is 11.8. The number of aliphatic hydroxyl groups is 1. The van der Waals surface area contributed by atoms with Crippen molar-refractivity contribution in [2.45, 2.75) is 30.6 Å². The zero-order valence-corrected chi connectivity index (χ0v) is 12.6. The summed E-state index contributed by atoms with van der Waals surface area (Å²) < 4.78 is 17.0. The molecule has 2 aliphatic heterocycles. The molecule has 1 aromatic carbocycles. The lowest BCUT2D eigenvalue weighted by Crippen LogP contribution is -2.63. The van der Waals surface area contributed by atoms with E-state index in [4.69, 9.17) is 14.2 Å². The number of hydrogen-bond acceptors (Lipinski definition) is 5. The van der Waals surface area contributed by atoms with Gasteiger partial charge in [-0.1, -0.05) is 24.3 Å². The molecular formula is C16H20N2O5. The minimum Gasteiger partial charge on any atom is -0.482 e. The second-order valence-electron chi connectivity index (χ2n) is 5.43. The zero-order valence-electron chi connectivity index (χ0n) is 12.6. The van der Waals surface area contributed by atoms with E-state index in [0.717, 1.165) is 0 Å². The van der Waals surface area contributed by atoms with E-state index in [0.29, 0.717) is 18.9 Å². The zero-order chi connectivity index (χ0) is 16.2. The summed E-state index contributed by atoms with van der Waals surface area (Å²) >= 11 is 0. The summed E-state index contributed by atoms with van der Waals surface area (Å²) in [6.07, 6.45) is -1.15. The van der Waals surface area contributed by atoms with Crippen molar-refractivity contribution < 1.29 is 24.1 Å². The summed E-state index contributed by atoms with van der Waals surface area (Å²) in [5, 5.41) is 15.9. The van der Waals surface area contributed by atoms with Gasteiger partial charge >= 0.3 is 6.03 Å². The third kappa shape index (κ3) is 3.47. The van der Waals surface area contributed by atoms with Gasteiger partial charge in [-0.2, -0.15) is 0 Å². The SMILES string of the molecule is C=CCNC(=O)NC1C2COC(O2)C(Oc2ccccc2)C1O. The highest BCUT2D eigenvalue weighted by molar-refractivity contribution is 5.74. The molecule has 2 amide bonds. The van der Waals surface area contributed by atoms with E-state index in [1.165, 1.54) is 0 Å². The lowest BCUT2D eigenvalue weighted by molar-refractivity contribution is -0.192. The molecule has 0 aromatic heterocycles. The molecule has 2 heterocycles. The lowest BCUT2D eigenvalue weighted by atomic mass is 9.98. The largest absolute Gasteiger partial charge is 0.482 e. The molecule has 23 heavy (non-hydrogen) atoms. The molecule has 3 rings (SSSR count). The monoisotopic (exact) mass is 320 g/mol. The number of rotatable bonds is 5. The van der Waals surface area contributed by atoms with Crippen LogP contribution in [0.15, 0.2) is 43.0 Å². The van der Waals surface area contributed by atoms with Crippen molar-refractivity contribution in [2.75, 3.05) is 13.2 Å². The number of urea groups is 1. The average molecular weight is 320 g/mol. The van der Waals surface area contributed by atoms with Gasteiger partial charge in [0.1, 0.15) is 18.0 Å². The fourth-order valence-electron chi connectivity index (χ4n) is 2.71. The molecule has 3 N–H and O–H groups in total. The number of carbonyl (C=O) groups excluding carboxylic acids is 1. The van der Waals surface area contributed by atoms with E-state index in [-0.39, 0.29) is 0 Å². The third-order valence-corrected chi connectivity index (χ3v) is 3.83. The maximum atomic E-state index is 11.8. The average Bonchev–Trinajstić information content (AvgIpc) is 3.01. The molecule has 0 radical (unpaired) electrons. The minimum absolute atomic E-state index is 0.294. The van der Waals surface area contributed by atoms with Crippen LogP contribution in [-0.4, -0.2) is 54.9 Å². The van der Waals surface area contributed by atoms with Gasteiger partial charge in [0.2, 0.25) is 0 Å². The van der Waals surface area contributed by atoms with Crippen LogP contribution < -0.4 is 15.4 Å². The molecule has 124 valence electrons. The molecule has 2 bridgehead atoms. The quantitative estimate of drug-likeness (QED) is 0.684. The fourth-order valence-corrected chi connectivity index (χ4v) is 2.71. The molecule has 0 spiro atoms. The number of fused-ring (bicyclic) bond motifs is 2. The van der Waals surface area contributed by atoms with Gasteiger partial charge in [-0.15, -0.1) is 6.58 Å². The van der Waals surface area contributed by atoms with Gasteiger partial charge in [-0.25, -0.2) is 4.79 Å². The van der Waals surface area contributed by atoms with Crippen LogP contribution in [0.2, 0.25) is 0 Å². The van der Waals surface area contributed by atoms with Gasteiger partial charge in [0.05, 0.1) is 12.6 Å². The number of aliphatic hydroxyl groups excluding tert-OH is 1. The third-order valence-electron chi connectivity index (χ3n) is 3.83. The highest BCUT2D eigenvalue weighted by Gasteiger charge is 2.52. The Morgan fingerprint density at radius 2 is 2.22 bits per heavy atom. The van der Waals surface area contributed by atoms with Crippen LogP contribution in [0.25, 0.3) is 0 Å². The highest BCUT2D eigenvalue weighted by Crippen LogP contribution is 2.31. The number of hydrogen-bond donors (Lipinski definition) is 3. The number of carbonyl (C=O) groups is 1. The van der Waals surface area contributed by atoms with Crippen LogP contribution in [0.1, 0.15) is 0 Å². The number of para-hydroxylation sites is 1. The Bertz CT molecular complexity index is 553. The smallest absolute Gasteiger partial charge is 0.315 e. The van der Waals surface area contributed by atoms with E-state index >= 15 is 0 Å². The molecule has 1 aromatic rings. The van der Waals surface area contributed by atoms with Crippen molar-refractivity contribution in [1.29, 1.82) is 0 Å². The summed E-state index contributed by atoms with van der Waals surface area (Å²) in [6, 6.07) is 8.09.